The Morgan fingerprint density at radius 2 is 2.16 bits per heavy atom. The van der Waals surface area contributed by atoms with Gasteiger partial charge in [-0.05, 0) is 13.8 Å². The fourth-order valence-electron chi connectivity index (χ4n) is 1.99. The van der Waals surface area contributed by atoms with E-state index < -0.39 is 27.7 Å². The van der Waals surface area contributed by atoms with Crippen molar-refractivity contribution in [2.75, 3.05) is 32.6 Å². The lowest BCUT2D eigenvalue weighted by Crippen LogP contribution is -2.55. The van der Waals surface area contributed by atoms with Gasteiger partial charge in [-0.15, -0.1) is 0 Å². The molecule has 1 N–H and O–H groups in total. The standard InChI is InChI=1S/C11H21NO6S/c1-11(2)8-12(6-9(7-13)18-11)19(15,16)5-4-10(14)17-3/h9,13H,4-8H2,1-3H3. The lowest BCUT2D eigenvalue weighted by molar-refractivity contribution is -0.140. The Morgan fingerprint density at radius 1 is 1.53 bits per heavy atom. The number of rotatable bonds is 5. The summed E-state index contributed by atoms with van der Waals surface area (Å²) < 4.78 is 35.5. The van der Waals surface area contributed by atoms with Gasteiger partial charge in [-0.3, -0.25) is 4.79 Å². The largest absolute Gasteiger partial charge is 0.469 e. The highest BCUT2D eigenvalue weighted by Gasteiger charge is 2.38. The zero-order chi connectivity index (χ0) is 14.7. The van der Waals surface area contributed by atoms with E-state index in [1.807, 2.05) is 0 Å². The van der Waals surface area contributed by atoms with E-state index >= 15 is 0 Å². The molecule has 0 radical (unpaired) electrons. The summed E-state index contributed by atoms with van der Waals surface area (Å²) in [6.07, 6.45) is -0.725. The maximum absolute atomic E-state index is 12.1. The lowest BCUT2D eigenvalue weighted by atomic mass is 10.1. The van der Waals surface area contributed by atoms with E-state index in [-0.39, 0.29) is 31.9 Å². The van der Waals surface area contributed by atoms with Crippen LogP contribution >= 0.6 is 0 Å². The first-order chi connectivity index (χ1) is 8.70. The van der Waals surface area contributed by atoms with Crippen LogP contribution in [0.2, 0.25) is 0 Å². The molecule has 1 fully saturated rings. The number of aliphatic hydroxyl groups excluding tert-OH is 1. The summed E-state index contributed by atoms with van der Waals surface area (Å²) >= 11 is 0. The fraction of sp³-hybridized carbons (Fsp3) is 0.909. The van der Waals surface area contributed by atoms with Crippen molar-refractivity contribution >= 4 is 16.0 Å². The predicted octanol–water partition coefficient (Wildman–Crippen LogP) is -0.649. The molecule has 1 atom stereocenters. The van der Waals surface area contributed by atoms with Gasteiger partial charge in [-0.25, -0.2) is 8.42 Å². The summed E-state index contributed by atoms with van der Waals surface area (Å²) in [6, 6.07) is 0. The first kappa shape index (κ1) is 16.4. The van der Waals surface area contributed by atoms with E-state index in [1.165, 1.54) is 11.4 Å². The second-order valence-electron chi connectivity index (χ2n) is 5.12. The fourth-order valence-corrected chi connectivity index (χ4v) is 3.58. The molecular formula is C11H21NO6S. The molecule has 0 aromatic rings. The zero-order valence-electron chi connectivity index (χ0n) is 11.5. The van der Waals surface area contributed by atoms with Gasteiger partial charge in [0.25, 0.3) is 0 Å². The van der Waals surface area contributed by atoms with Crippen molar-refractivity contribution in [3.8, 4) is 0 Å². The van der Waals surface area contributed by atoms with Crippen LogP contribution in [-0.4, -0.2) is 68.1 Å². The highest BCUT2D eigenvalue weighted by Crippen LogP contribution is 2.23. The molecule has 1 unspecified atom stereocenters. The van der Waals surface area contributed by atoms with Gasteiger partial charge < -0.3 is 14.6 Å². The SMILES string of the molecule is COC(=O)CCS(=O)(=O)N1CC(CO)OC(C)(C)C1. The summed E-state index contributed by atoms with van der Waals surface area (Å²) in [5.41, 5.74) is -0.663. The van der Waals surface area contributed by atoms with Gasteiger partial charge in [0.2, 0.25) is 10.0 Å². The quantitative estimate of drug-likeness (QED) is 0.678. The number of nitrogens with zero attached hydrogens (tertiary/aromatic N) is 1. The second kappa shape index (κ2) is 6.17. The molecule has 1 saturated heterocycles. The first-order valence-electron chi connectivity index (χ1n) is 6.03. The van der Waals surface area contributed by atoms with Crippen molar-refractivity contribution in [1.29, 1.82) is 0 Å². The number of carbonyl (C=O) groups excluding carboxylic acids is 1. The molecule has 0 aliphatic carbocycles. The lowest BCUT2D eigenvalue weighted by Gasteiger charge is -2.41. The summed E-state index contributed by atoms with van der Waals surface area (Å²) in [5, 5.41) is 9.14. The Balaban J connectivity index is 2.73. The number of methoxy groups -OCH3 is 1. The van der Waals surface area contributed by atoms with Crippen LogP contribution < -0.4 is 0 Å². The molecule has 19 heavy (non-hydrogen) atoms. The molecule has 8 heteroatoms. The normalized spacial score (nSPS) is 24.1. The van der Waals surface area contributed by atoms with Crippen molar-refractivity contribution < 1.29 is 27.8 Å². The highest BCUT2D eigenvalue weighted by molar-refractivity contribution is 7.89. The number of carbonyl (C=O) groups is 1. The van der Waals surface area contributed by atoms with E-state index in [0.717, 1.165) is 0 Å². The van der Waals surface area contributed by atoms with Crippen molar-refractivity contribution in [1.82, 2.24) is 4.31 Å². The Hall–Kier alpha value is -0.700. The number of aliphatic hydroxyl groups is 1. The number of morpholine rings is 1. The van der Waals surface area contributed by atoms with Crippen LogP contribution in [0.5, 0.6) is 0 Å². The molecule has 0 saturated carbocycles. The molecule has 1 rings (SSSR count). The van der Waals surface area contributed by atoms with Gasteiger partial charge >= 0.3 is 5.97 Å². The Kier molecular flexibility index (Phi) is 5.31. The second-order valence-corrected chi connectivity index (χ2v) is 7.21. The molecule has 0 amide bonds. The van der Waals surface area contributed by atoms with Gasteiger partial charge in [0.05, 0.1) is 37.6 Å². The molecule has 7 nitrogen and oxygen atoms in total. The van der Waals surface area contributed by atoms with Gasteiger partial charge in [0.15, 0.2) is 0 Å². The minimum absolute atomic E-state index is 0.101. The number of ether oxygens (including phenoxy) is 2. The molecule has 1 aliphatic heterocycles. The zero-order valence-corrected chi connectivity index (χ0v) is 12.3. The molecule has 0 bridgehead atoms. The number of esters is 1. The van der Waals surface area contributed by atoms with E-state index in [4.69, 9.17) is 9.84 Å². The maximum atomic E-state index is 12.1. The minimum atomic E-state index is -3.56. The van der Waals surface area contributed by atoms with Crippen molar-refractivity contribution in [2.45, 2.75) is 32.0 Å². The minimum Gasteiger partial charge on any atom is -0.469 e. The van der Waals surface area contributed by atoms with Crippen LogP contribution in [0.3, 0.4) is 0 Å². The van der Waals surface area contributed by atoms with Crippen LogP contribution in [0.25, 0.3) is 0 Å². The van der Waals surface area contributed by atoms with Crippen molar-refractivity contribution in [3.05, 3.63) is 0 Å². The Bertz CT molecular complexity index is 419. The molecule has 0 aromatic heterocycles. The number of sulfonamides is 1. The third-order valence-electron chi connectivity index (χ3n) is 2.84. The van der Waals surface area contributed by atoms with Crippen molar-refractivity contribution in [3.63, 3.8) is 0 Å². The third-order valence-corrected chi connectivity index (χ3v) is 4.62. The van der Waals surface area contributed by atoms with Crippen LogP contribution in [-0.2, 0) is 24.3 Å². The molecule has 0 spiro atoms. The molecule has 0 aromatic carbocycles. The van der Waals surface area contributed by atoms with Crippen LogP contribution in [0.1, 0.15) is 20.3 Å². The molecular weight excluding hydrogens is 274 g/mol. The van der Waals surface area contributed by atoms with E-state index in [9.17, 15) is 13.2 Å². The smallest absolute Gasteiger partial charge is 0.306 e. The Morgan fingerprint density at radius 3 is 2.68 bits per heavy atom. The number of hydrogen-bond acceptors (Lipinski definition) is 6. The third kappa shape index (κ3) is 4.72. The first-order valence-corrected chi connectivity index (χ1v) is 7.64. The van der Waals surface area contributed by atoms with E-state index in [0.29, 0.717) is 0 Å². The summed E-state index contributed by atoms with van der Waals surface area (Å²) in [6.45, 7) is 3.58. The summed E-state index contributed by atoms with van der Waals surface area (Å²) in [5.74, 6) is -0.858. The van der Waals surface area contributed by atoms with Crippen LogP contribution in [0, 0.1) is 0 Å². The predicted molar refractivity (Wildman–Crippen MR) is 68.0 cm³/mol. The maximum Gasteiger partial charge on any atom is 0.306 e. The van der Waals surface area contributed by atoms with E-state index in [2.05, 4.69) is 4.74 Å². The molecule has 1 heterocycles. The average molecular weight is 295 g/mol. The molecule has 1 aliphatic rings. The van der Waals surface area contributed by atoms with Crippen LogP contribution in [0.4, 0.5) is 0 Å². The van der Waals surface area contributed by atoms with Gasteiger partial charge in [-0.1, -0.05) is 0 Å². The van der Waals surface area contributed by atoms with Gasteiger partial charge in [0.1, 0.15) is 0 Å². The monoisotopic (exact) mass is 295 g/mol. The van der Waals surface area contributed by atoms with E-state index in [1.54, 1.807) is 13.8 Å². The number of hydrogen-bond donors (Lipinski definition) is 1. The van der Waals surface area contributed by atoms with Gasteiger partial charge in [0, 0.05) is 13.1 Å². The summed E-state index contributed by atoms with van der Waals surface area (Å²) in [7, 11) is -2.34. The highest BCUT2D eigenvalue weighted by atomic mass is 32.2. The topological polar surface area (TPSA) is 93.1 Å². The molecule has 112 valence electrons. The summed E-state index contributed by atoms with van der Waals surface area (Å²) in [4.78, 5) is 11.0. The van der Waals surface area contributed by atoms with Crippen molar-refractivity contribution in [2.24, 2.45) is 0 Å². The Labute approximate surface area is 113 Å². The van der Waals surface area contributed by atoms with Gasteiger partial charge in [-0.2, -0.15) is 4.31 Å². The average Bonchev–Trinajstić information content (AvgIpc) is 2.33. The van der Waals surface area contributed by atoms with Crippen LogP contribution in [0.15, 0.2) is 0 Å².